The smallest absolute Gasteiger partial charge is 0.258 e. The second-order valence-electron chi connectivity index (χ2n) is 9.12. The number of ether oxygens (including phenoxy) is 2. The van der Waals surface area contributed by atoms with Crippen LogP contribution in [0, 0.1) is 6.92 Å². The van der Waals surface area contributed by atoms with E-state index < -0.39 is 20.0 Å². The average Bonchev–Trinajstić information content (AvgIpc) is 2.92. The molecule has 12 heteroatoms. The van der Waals surface area contributed by atoms with E-state index in [-0.39, 0.29) is 28.8 Å². The number of nitrogens with zero attached hydrogens (tertiary/aromatic N) is 2. The van der Waals surface area contributed by atoms with Gasteiger partial charge in [-0.2, -0.15) is 8.61 Å². The van der Waals surface area contributed by atoms with Crippen LogP contribution in [0.5, 0.6) is 5.75 Å². The Balaban J connectivity index is 1.28. The number of rotatable bonds is 9. The summed E-state index contributed by atoms with van der Waals surface area (Å²) >= 11 is 0. The molecule has 10 nitrogen and oxygen atoms in total. The van der Waals surface area contributed by atoms with Crippen molar-refractivity contribution in [3.05, 3.63) is 53.6 Å². The van der Waals surface area contributed by atoms with Crippen molar-refractivity contribution in [2.45, 2.75) is 42.5 Å². The zero-order valence-electron chi connectivity index (χ0n) is 20.9. The third-order valence-corrected chi connectivity index (χ3v) is 10.3. The summed E-state index contributed by atoms with van der Waals surface area (Å²) in [6, 6.07) is 11.1. The van der Waals surface area contributed by atoms with Gasteiger partial charge in [0.1, 0.15) is 5.75 Å². The predicted molar refractivity (Wildman–Crippen MR) is 137 cm³/mol. The number of hydrogen-bond acceptors (Lipinski definition) is 7. The number of amides is 1. The zero-order valence-corrected chi connectivity index (χ0v) is 22.5. The normalized spacial score (nSPS) is 17.9. The van der Waals surface area contributed by atoms with Crippen molar-refractivity contribution in [2.24, 2.45) is 0 Å². The molecule has 2 saturated heterocycles. The first-order chi connectivity index (χ1) is 17.7. The van der Waals surface area contributed by atoms with E-state index >= 15 is 0 Å². The molecule has 0 unspecified atom stereocenters. The number of carbonyl (C=O) groups excluding carboxylic acids is 1. The molecule has 0 atom stereocenters. The molecule has 202 valence electrons. The lowest BCUT2D eigenvalue weighted by Gasteiger charge is -2.26. The molecular weight excluding hydrogens is 518 g/mol. The highest BCUT2D eigenvalue weighted by Gasteiger charge is 2.27. The second-order valence-corrected chi connectivity index (χ2v) is 13.0. The summed E-state index contributed by atoms with van der Waals surface area (Å²) in [5.41, 5.74) is 1.38. The van der Waals surface area contributed by atoms with E-state index in [9.17, 15) is 21.6 Å². The summed E-state index contributed by atoms with van der Waals surface area (Å²) in [4.78, 5) is 12.7. The first kappa shape index (κ1) is 27.5. The first-order valence-corrected chi connectivity index (χ1v) is 15.2. The number of sulfonamides is 2. The second kappa shape index (κ2) is 11.9. The van der Waals surface area contributed by atoms with Gasteiger partial charge in [0, 0.05) is 32.7 Å². The Morgan fingerprint density at radius 2 is 1.46 bits per heavy atom. The fourth-order valence-corrected chi connectivity index (χ4v) is 7.32. The highest BCUT2D eigenvalue weighted by molar-refractivity contribution is 7.89. The van der Waals surface area contributed by atoms with Crippen LogP contribution in [-0.4, -0.2) is 77.4 Å². The fourth-order valence-electron chi connectivity index (χ4n) is 4.31. The largest absolute Gasteiger partial charge is 0.484 e. The van der Waals surface area contributed by atoms with Crippen LogP contribution in [-0.2, 0) is 36.1 Å². The molecule has 2 heterocycles. The van der Waals surface area contributed by atoms with Crippen molar-refractivity contribution in [1.29, 1.82) is 0 Å². The van der Waals surface area contributed by atoms with Crippen molar-refractivity contribution < 1.29 is 31.1 Å². The lowest BCUT2D eigenvalue weighted by Crippen LogP contribution is -2.40. The number of aryl methyl sites for hydroxylation is 1. The molecule has 1 N–H and O–H groups in total. The van der Waals surface area contributed by atoms with E-state index in [0.717, 1.165) is 24.8 Å². The van der Waals surface area contributed by atoms with E-state index in [4.69, 9.17) is 9.47 Å². The van der Waals surface area contributed by atoms with Gasteiger partial charge in [-0.3, -0.25) is 4.79 Å². The molecular formula is C25H33N3O7S2. The van der Waals surface area contributed by atoms with Crippen molar-refractivity contribution in [1.82, 2.24) is 13.9 Å². The van der Waals surface area contributed by atoms with Gasteiger partial charge in [0.2, 0.25) is 20.0 Å². The van der Waals surface area contributed by atoms with Crippen molar-refractivity contribution >= 4 is 26.0 Å². The maximum Gasteiger partial charge on any atom is 0.258 e. The van der Waals surface area contributed by atoms with Crippen LogP contribution >= 0.6 is 0 Å². The van der Waals surface area contributed by atoms with Gasteiger partial charge in [-0.15, -0.1) is 0 Å². The molecule has 37 heavy (non-hydrogen) atoms. The monoisotopic (exact) mass is 551 g/mol. The summed E-state index contributed by atoms with van der Waals surface area (Å²) in [6.45, 7) is 4.22. The van der Waals surface area contributed by atoms with Crippen LogP contribution < -0.4 is 10.1 Å². The number of nitrogens with one attached hydrogen (secondary N) is 1. The van der Waals surface area contributed by atoms with Crippen LogP contribution in [0.15, 0.2) is 52.3 Å². The number of morpholine rings is 1. The number of benzene rings is 2. The van der Waals surface area contributed by atoms with Gasteiger partial charge in [0.25, 0.3) is 5.91 Å². The lowest BCUT2D eigenvalue weighted by molar-refractivity contribution is -0.123. The lowest BCUT2D eigenvalue weighted by atomic mass is 10.2. The van der Waals surface area contributed by atoms with Crippen LogP contribution in [0.3, 0.4) is 0 Å². The molecule has 0 radical (unpaired) electrons. The summed E-state index contributed by atoms with van der Waals surface area (Å²) in [5.74, 6) is 0.0832. The maximum absolute atomic E-state index is 12.9. The van der Waals surface area contributed by atoms with Crippen molar-refractivity contribution in [2.75, 3.05) is 46.0 Å². The summed E-state index contributed by atoms with van der Waals surface area (Å²) in [6.07, 6.45) is 2.78. The van der Waals surface area contributed by atoms with Crippen LogP contribution in [0.2, 0.25) is 0 Å². The van der Waals surface area contributed by atoms with E-state index in [1.165, 1.54) is 26.8 Å². The standard InChI is InChI=1S/C25H33N3O7S2/c1-20-17-23(37(32,33)27-11-3-2-4-12-27)9-10-24(20)35-19-25(29)26-18-21-5-7-22(8-6-21)36(30,31)28-13-15-34-16-14-28/h5-10,17H,2-4,11-16,18-19H2,1H3,(H,26,29). The molecule has 0 saturated carbocycles. The minimum Gasteiger partial charge on any atom is -0.484 e. The van der Waals surface area contributed by atoms with E-state index in [1.54, 1.807) is 31.2 Å². The Hall–Kier alpha value is -2.51. The number of hydrogen-bond donors (Lipinski definition) is 1. The molecule has 0 aliphatic carbocycles. The van der Waals surface area contributed by atoms with E-state index in [0.29, 0.717) is 50.7 Å². The van der Waals surface area contributed by atoms with E-state index in [1.807, 2.05) is 0 Å². The van der Waals surface area contributed by atoms with Gasteiger partial charge in [-0.25, -0.2) is 16.8 Å². The molecule has 2 aromatic rings. The zero-order chi connectivity index (χ0) is 26.5. The molecule has 2 aliphatic heterocycles. The van der Waals surface area contributed by atoms with Crippen molar-refractivity contribution in [3.63, 3.8) is 0 Å². The Morgan fingerprint density at radius 3 is 2.11 bits per heavy atom. The molecule has 1 amide bonds. The summed E-state index contributed by atoms with van der Waals surface area (Å²) in [5, 5.41) is 2.75. The fraction of sp³-hybridized carbons (Fsp3) is 0.480. The quantitative estimate of drug-likeness (QED) is 0.505. The first-order valence-electron chi connectivity index (χ1n) is 12.3. The molecule has 2 aliphatic rings. The minimum absolute atomic E-state index is 0.203. The van der Waals surface area contributed by atoms with Gasteiger partial charge < -0.3 is 14.8 Å². The Bertz CT molecular complexity index is 1300. The molecule has 2 aromatic carbocycles. The molecule has 0 aromatic heterocycles. The van der Waals surface area contributed by atoms with Gasteiger partial charge >= 0.3 is 0 Å². The highest BCUT2D eigenvalue weighted by Crippen LogP contribution is 2.26. The predicted octanol–water partition coefficient (Wildman–Crippen LogP) is 1.89. The minimum atomic E-state index is -3.57. The van der Waals surface area contributed by atoms with Crippen LogP contribution in [0.1, 0.15) is 30.4 Å². The third-order valence-electron chi connectivity index (χ3n) is 6.48. The van der Waals surface area contributed by atoms with E-state index in [2.05, 4.69) is 5.32 Å². The van der Waals surface area contributed by atoms with Crippen molar-refractivity contribution in [3.8, 4) is 5.75 Å². The third kappa shape index (κ3) is 6.68. The van der Waals surface area contributed by atoms with Gasteiger partial charge in [-0.05, 0) is 61.2 Å². The van der Waals surface area contributed by atoms with Crippen LogP contribution in [0.4, 0.5) is 0 Å². The highest BCUT2D eigenvalue weighted by atomic mass is 32.2. The Labute approximate surface area is 218 Å². The summed E-state index contributed by atoms with van der Waals surface area (Å²) < 4.78 is 64.9. The Kier molecular flexibility index (Phi) is 8.86. The van der Waals surface area contributed by atoms with Gasteiger partial charge in [0.15, 0.2) is 6.61 Å². The molecule has 4 rings (SSSR count). The number of piperidine rings is 1. The molecule has 0 bridgehead atoms. The topological polar surface area (TPSA) is 122 Å². The van der Waals surface area contributed by atoms with Gasteiger partial charge in [-0.1, -0.05) is 18.6 Å². The van der Waals surface area contributed by atoms with Crippen LogP contribution in [0.25, 0.3) is 0 Å². The Morgan fingerprint density at radius 1 is 0.865 bits per heavy atom. The number of carbonyl (C=O) groups is 1. The SMILES string of the molecule is Cc1cc(S(=O)(=O)N2CCCCC2)ccc1OCC(=O)NCc1ccc(S(=O)(=O)N2CCOCC2)cc1. The maximum atomic E-state index is 12.9. The molecule has 2 fully saturated rings. The molecule has 0 spiro atoms. The van der Waals surface area contributed by atoms with Gasteiger partial charge in [0.05, 0.1) is 23.0 Å². The summed E-state index contributed by atoms with van der Waals surface area (Å²) in [7, 11) is -7.10. The average molecular weight is 552 g/mol.